The average molecular weight is 279 g/mol. The summed E-state index contributed by atoms with van der Waals surface area (Å²) in [6.07, 6.45) is 1.14. The highest BCUT2D eigenvalue weighted by atomic mass is 15.3. The molecule has 0 aliphatic heterocycles. The van der Waals surface area contributed by atoms with Gasteiger partial charge in [-0.15, -0.1) is 5.10 Å². The second-order valence-corrected chi connectivity index (χ2v) is 5.65. The first kappa shape index (κ1) is 16.9. The maximum absolute atomic E-state index is 4.35. The topological polar surface area (TPSA) is 44.3 Å². The average Bonchev–Trinajstić information content (AvgIpc) is 2.42. The Morgan fingerprint density at radius 3 is 2.40 bits per heavy atom. The van der Waals surface area contributed by atoms with Gasteiger partial charge in [-0.05, 0) is 46.1 Å². The summed E-state index contributed by atoms with van der Waals surface area (Å²) >= 11 is 0. The van der Waals surface area contributed by atoms with Gasteiger partial charge in [0.25, 0.3) is 0 Å². The van der Waals surface area contributed by atoms with E-state index in [4.69, 9.17) is 0 Å². The first-order valence-corrected chi connectivity index (χ1v) is 7.48. The zero-order valence-corrected chi connectivity index (χ0v) is 13.6. The molecule has 20 heavy (non-hydrogen) atoms. The molecule has 1 rings (SSSR count). The van der Waals surface area contributed by atoms with E-state index >= 15 is 0 Å². The van der Waals surface area contributed by atoms with Crippen LogP contribution in [-0.4, -0.2) is 54.9 Å². The van der Waals surface area contributed by atoms with Gasteiger partial charge in [0.2, 0.25) is 0 Å². The van der Waals surface area contributed by atoms with Gasteiger partial charge in [0.15, 0.2) is 5.82 Å². The van der Waals surface area contributed by atoms with Crippen LogP contribution in [0.4, 0.5) is 5.82 Å². The molecule has 0 aliphatic carbocycles. The number of hydrogen-bond acceptors (Lipinski definition) is 5. The quantitative estimate of drug-likeness (QED) is 0.746. The number of hydrogen-bond donors (Lipinski definition) is 1. The summed E-state index contributed by atoms with van der Waals surface area (Å²) in [5.74, 6) is 0.972. The van der Waals surface area contributed by atoms with E-state index in [-0.39, 0.29) is 0 Å². The predicted octanol–water partition coefficient (Wildman–Crippen LogP) is 1.75. The molecule has 1 aromatic heterocycles. The molecule has 0 saturated carbocycles. The van der Waals surface area contributed by atoms with Gasteiger partial charge in [-0.25, -0.2) is 0 Å². The Balaban J connectivity index is 2.51. The van der Waals surface area contributed by atoms with Gasteiger partial charge in [-0.1, -0.05) is 13.8 Å². The highest BCUT2D eigenvalue weighted by Crippen LogP contribution is 2.10. The largest absolute Gasteiger partial charge is 0.355 e. The molecule has 0 aliphatic rings. The Kier molecular flexibility index (Phi) is 7.47. The van der Waals surface area contributed by atoms with E-state index in [9.17, 15) is 0 Å². The lowest BCUT2D eigenvalue weighted by Crippen LogP contribution is -2.28. The summed E-state index contributed by atoms with van der Waals surface area (Å²) in [6, 6.07) is 4.60. The molecule has 1 aromatic rings. The van der Waals surface area contributed by atoms with Crippen LogP contribution in [0.2, 0.25) is 0 Å². The molecule has 0 fully saturated rings. The highest BCUT2D eigenvalue weighted by Gasteiger charge is 2.07. The highest BCUT2D eigenvalue weighted by molar-refractivity contribution is 5.36. The molecule has 1 N–H and O–H groups in total. The van der Waals surface area contributed by atoms with E-state index in [1.165, 1.54) is 0 Å². The molecule has 0 atom stereocenters. The van der Waals surface area contributed by atoms with Crippen LogP contribution in [0, 0.1) is 0 Å². The van der Waals surface area contributed by atoms with Crippen molar-refractivity contribution in [2.24, 2.45) is 0 Å². The zero-order valence-electron chi connectivity index (χ0n) is 13.6. The molecule has 1 heterocycles. The van der Waals surface area contributed by atoms with Crippen molar-refractivity contribution < 1.29 is 0 Å². The minimum atomic E-state index is 0.467. The van der Waals surface area contributed by atoms with Crippen LogP contribution in [0.25, 0.3) is 0 Å². The van der Waals surface area contributed by atoms with Crippen molar-refractivity contribution in [3.8, 4) is 0 Å². The van der Waals surface area contributed by atoms with Crippen molar-refractivity contribution in [3.63, 3.8) is 0 Å². The summed E-state index contributed by atoms with van der Waals surface area (Å²) in [7, 11) is 4.21. The number of aromatic nitrogens is 2. The SMILES string of the molecule is CCN(CCCN(C)C)c1ccc(CNC(C)C)nn1. The van der Waals surface area contributed by atoms with E-state index in [1.54, 1.807) is 0 Å². The fraction of sp³-hybridized carbons (Fsp3) is 0.733. The summed E-state index contributed by atoms with van der Waals surface area (Å²) in [4.78, 5) is 4.48. The summed E-state index contributed by atoms with van der Waals surface area (Å²) < 4.78 is 0. The molecule has 5 nitrogen and oxygen atoms in total. The third-order valence-corrected chi connectivity index (χ3v) is 3.14. The number of nitrogens with one attached hydrogen (secondary N) is 1. The normalized spacial score (nSPS) is 11.3. The van der Waals surface area contributed by atoms with Crippen molar-refractivity contribution in [3.05, 3.63) is 17.8 Å². The molecular formula is C15H29N5. The molecule has 0 aromatic carbocycles. The van der Waals surface area contributed by atoms with Crippen LogP contribution < -0.4 is 10.2 Å². The summed E-state index contributed by atoms with van der Waals surface area (Å²) in [6.45, 7) is 10.3. The van der Waals surface area contributed by atoms with Crippen LogP contribution in [0.3, 0.4) is 0 Å². The third-order valence-electron chi connectivity index (χ3n) is 3.14. The molecule has 0 unspecified atom stereocenters. The Bertz CT molecular complexity index is 361. The Labute approximate surface area is 123 Å². The lowest BCUT2D eigenvalue weighted by molar-refractivity contribution is 0.400. The van der Waals surface area contributed by atoms with Gasteiger partial charge in [0, 0.05) is 25.7 Å². The first-order chi connectivity index (χ1) is 9.52. The molecule has 5 heteroatoms. The molecule has 114 valence electrons. The van der Waals surface area contributed by atoms with Crippen molar-refractivity contribution in [2.75, 3.05) is 38.6 Å². The maximum atomic E-state index is 4.35. The minimum Gasteiger partial charge on any atom is -0.355 e. The van der Waals surface area contributed by atoms with Crippen molar-refractivity contribution in [1.82, 2.24) is 20.4 Å². The summed E-state index contributed by atoms with van der Waals surface area (Å²) in [5.41, 5.74) is 0.992. The van der Waals surface area contributed by atoms with Gasteiger partial charge < -0.3 is 15.1 Å². The van der Waals surface area contributed by atoms with Crippen molar-refractivity contribution in [1.29, 1.82) is 0 Å². The number of rotatable bonds is 9. The molecule has 0 bridgehead atoms. The number of nitrogens with zero attached hydrogens (tertiary/aromatic N) is 4. The zero-order chi connectivity index (χ0) is 15.0. The monoisotopic (exact) mass is 279 g/mol. The van der Waals surface area contributed by atoms with Gasteiger partial charge in [-0.2, -0.15) is 5.10 Å². The second-order valence-electron chi connectivity index (χ2n) is 5.65. The Morgan fingerprint density at radius 1 is 1.15 bits per heavy atom. The van der Waals surface area contributed by atoms with E-state index in [0.717, 1.165) is 44.1 Å². The first-order valence-electron chi connectivity index (χ1n) is 7.48. The van der Waals surface area contributed by atoms with Crippen LogP contribution in [0.5, 0.6) is 0 Å². The Hall–Kier alpha value is -1.20. The van der Waals surface area contributed by atoms with Crippen LogP contribution in [-0.2, 0) is 6.54 Å². The van der Waals surface area contributed by atoms with Gasteiger partial charge in [0.1, 0.15) is 0 Å². The third kappa shape index (κ3) is 6.30. The van der Waals surface area contributed by atoms with E-state index in [2.05, 4.69) is 72.3 Å². The van der Waals surface area contributed by atoms with Gasteiger partial charge in [0.05, 0.1) is 5.69 Å². The lowest BCUT2D eigenvalue weighted by atomic mass is 10.3. The van der Waals surface area contributed by atoms with Crippen LogP contribution in [0.15, 0.2) is 12.1 Å². The number of anilines is 1. The fourth-order valence-electron chi connectivity index (χ4n) is 1.94. The molecule has 0 saturated heterocycles. The Morgan fingerprint density at radius 2 is 1.90 bits per heavy atom. The van der Waals surface area contributed by atoms with Crippen molar-refractivity contribution >= 4 is 5.82 Å². The lowest BCUT2D eigenvalue weighted by Gasteiger charge is -2.22. The molecule has 0 radical (unpaired) electrons. The van der Waals surface area contributed by atoms with Gasteiger partial charge >= 0.3 is 0 Å². The van der Waals surface area contributed by atoms with Crippen LogP contribution in [0.1, 0.15) is 32.9 Å². The van der Waals surface area contributed by atoms with E-state index in [1.807, 2.05) is 0 Å². The maximum Gasteiger partial charge on any atom is 0.151 e. The summed E-state index contributed by atoms with van der Waals surface area (Å²) in [5, 5.41) is 12.0. The van der Waals surface area contributed by atoms with E-state index < -0.39 is 0 Å². The van der Waals surface area contributed by atoms with Gasteiger partial charge in [-0.3, -0.25) is 0 Å². The van der Waals surface area contributed by atoms with Crippen molar-refractivity contribution in [2.45, 2.75) is 39.8 Å². The molecular weight excluding hydrogens is 250 g/mol. The molecule has 0 spiro atoms. The standard InChI is InChI=1S/C15H29N5/c1-6-20(11-7-10-19(4)5)15-9-8-14(17-18-15)12-16-13(2)3/h8-9,13,16H,6-7,10-12H2,1-5H3. The van der Waals surface area contributed by atoms with Crippen LogP contribution >= 0.6 is 0 Å². The minimum absolute atomic E-state index is 0.467. The van der Waals surface area contributed by atoms with E-state index in [0.29, 0.717) is 6.04 Å². The predicted molar refractivity (Wildman–Crippen MR) is 85.1 cm³/mol. The smallest absolute Gasteiger partial charge is 0.151 e. The molecule has 0 amide bonds. The fourth-order valence-corrected chi connectivity index (χ4v) is 1.94. The second kappa shape index (κ2) is 8.87.